The van der Waals surface area contributed by atoms with E-state index in [0.29, 0.717) is 11.8 Å². The normalized spacial score (nSPS) is 41.6. The zero-order valence-electron chi connectivity index (χ0n) is 11.7. The van der Waals surface area contributed by atoms with Crippen molar-refractivity contribution in [2.75, 3.05) is 0 Å². The highest BCUT2D eigenvalue weighted by atomic mass is 14.8. The summed E-state index contributed by atoms with van der Waals surface area (Å²) in [6.45, 7) is 15.0. The first kappa shape index (κ1) is 12.7. The largest absolute Gasteiger partial charge is 0.281 e. The number of rotatable bonds is 1. The molecule has 0 heterocycles. The summed E-state index contributed by atoms with van der Waals surface area (Å²) in [4.78, 5) is 4.25. The van der Waals surface area contributed by atoms with E-state index >= 15 is 0 Å². The Labute approximate surface area is 106 Å². The molecule has 17 heavy (non-hydrogen) atoms. The molecule has 0 amide bonds. The van der Waals surface area contributed by atoms with Crippen LogP contribution in [0.5, 0.6) is 0 Å². The van der Waals surface area contributed by atoms with E-state index in [1.165, 1.54) is 25.7 Å². The van der Waals surface area contributed by atoms with Crippen LogP contribution in [0, 0.1) is 30.2 Å². The zero-order valence-corrected chi connectivity index (χ0v) is 11.7. The molecule has 1 heteroatoms. The van der Waals surface area contributed by atoms with E-state index in [0.717, 1.165) is 11.8 Å². The summed E-state index contributed by atoms with van der Waals surface area (Å²) in [6.07, 6.45) is 7.48. The minimum absolute atomic E-state index is 0.0211. The topological polar surface area (TPSA) is 4.36 Å². The van der Waals surface area contributed by atoms with Crippen LogP contribution < -0.4 is 0 Å². The summed E-state index contributed by atoms with van der Waals surface area (Å²) in [5, 5.41) is 0. The maximum Gasteiger partial charge on any atom is 0.281 e. The van der Waals surface area contributed by atoms with E-state index in [-0.39, 0.29) is 5.54 Å². The van der Waals surface area contributed by atoms with Gasteiger partial charge in [-0.25, -0.2) is 0 Å². The lowest BCUT2D eigenvalue weighted by Crippen LogP contribution is -2.46. The Balaban J connectivity index is 2.33. The molecule has 2 aliphatic rings. The van der Waals surface area contributed by atoms with Crippen molar-refractivity contribution in [1.82, 2.24) is 0 Å². The van der Waals surface area contributed by atoms with Crippen LogP contribution in [0.25, 0.3) is 4.85 Å². The third-order valence-corrected chi connectivity index (χ3v) is 5.22. The lowest BCUT2D eigenvalue weighted by Gasteiger charge is -2.44. The number of allylic oxidation sites excluding steroid dienone is 2. The second-order valence-electron chi connectivity index (χ2n) is 6.67. The van der Waals surface area contributed by atoms with Crippen molar-refractivity contribution in [2.24, 2.45) is 23.7 Å². The first-order valence-corrected chi connectivity index (χ1v) is 7.07. The highest BCUT2D eigenvalue weighted by Crippen LogP contribution is 2.51. The van der Waals surface area contributed by atoms with E-state index in [2.05, 4.69) is 38.6 Å². The third kappa shape index (κ3) is 2.15. The molecule has 4 atom stereocenters. The van der Waals surface area contributed by atoms with Gasteiger partial charge >= 0.3 is 0 Å². The molecule has 0 aliphatic heterocycles. The average Bonchev–Trinajstić information content (AvgIpc) is 2.28. The maximum atomic E-state index is 5.71. The Bertz CT molecular complexity index is 360. The van der Waals surface area contributed by atoms with Gasteiger partial charge in [0.25, 0.3) is 12.1 Å². The Morgan fingerprint density at radius 2 is 2.12 bits per heavy atom. The Kier molecular flexibility index (Phi) is 3.34. The van der Waals surface area contributed by atoms with E-state index in [9.17, 15) is 0 Å². The first-order valence-electron chi connectivity index (χ1n) is 7.07. The van der Waals surface area contributed by atoms with Crippen molar-refractivity contribution >= 4 is 0 Å². The van der Waals surface area contributed by atoms with Crippen molar-refractivity contribution in [1.29, 1.82) is 0 Å². The molecule has 0 saturated heterocycles. The van der Waals surface area contributed by atoms with Crippen molar-refractivity contribution in [3.63, 3.8) is 0 Å². The lowest BCUT2D eigenvalue weighted by atomic mass is 9.57. The molecule has 1 fully saturated rings. The molecule has 0 spiro atoms. The lowest BCUT2D eigenvalue weighted by molar-refractivity contribution is 0.0863. The molecule has 0 aromatic rings. The van der Waals surface area contributed by atoms with Gasteiger partial charge in [0, 0.05) is 19.3 Å². The van der Waals surface area contributed by atoms with Crippen molar-refractivity contribution in [2.45, 2.75) is 58.9 Å². The summed E-state index contributed by atoms with van der Waals surface area (Å²) in [5.41, 5.74) is 1.59. The molecule has 0 aromatic heterocycles. The van der Waals surface area contributed by atoms with Crippen LogP contribution in [0.4, 0.5) is 0 Å². The molecule has 0 radical (unpaired) electrons. The molecule has 4 unspecified atom stereocenters. The van der Waals surface area contributed by atoms with E-state index in [4.69, 9.17) is 6.57 Å². The third-order valence-electron chi connectivity index (χ3n) is 5.22. The van der Waals surface area contributed by atoms with Crippen LogP contribution in [0.1, 0.15) is 53.4 Å². The number of fused-ring (bicyclic) bond motifs is 1. The quantitative estimate of drug-likeness (QED) is 0.575. The Morgan fingerprint density at radius 1 is 1.41 bits per heavy atom. The van der Waals surface area contributed by atoms with Gasteiger partial charge in [-0.3, -0.25) is 0 Å². The SMILES string of the molecule is C#[N+]C1(C)CCC(C(C)C)C2C=C(C)CCC21. The maximum absolute atomic E-state index is 5.71. The van der Waals surface area contributed by atoms with E-state index < -0.39 is 0 Å². The molecule has 2 aliphatic carbocycles. The van der Waals surface area contributed by atoms with Gasteiger partial charge in [0.2, 0.25) is 0 Å². The van der Waals surface area contributed by atoms with Gasteiger partial charge in [-0.2, -0.15) is 0 Å². The molecular formula is C16H26N+. The van der Waals surface area contributed by atoms with Gasteiger partial charge in [0.15, 0.2) is 0 Å². The second kappa shape index (κ2) is 4.48. The van der Waals surface area contributed by atoms with Crippen LogP contribution in [0.2, 0.25) is 0 Å². The fourth-order valence-corrected chi connectivity index (χ4v) is 4.03. The summed E-state index contributed by atoms with van der Waals surface area (Å²) in [6, 6.07) is 0. The predicted molar refractivity (Wildman–Crippen MR) is 74.2 cm³/mol. The highest BCUT2D eigenvalue weighted by molar-refractivity contribution is 5.18. The van der Waals surface area contributed by atoms with Gasteiger partial charge in [0.1, 0.15) is 0 Å². The van der Waals surface area contributed by atoms with Crippen molar-refractivity contribution < 1.29 is 0 Å². The van der Waals surface area contributed by atoms with Crippen LogP contribution in [0.15, 0.2) is 11.6 Å². The Hall–Kier alpha value is -0.770. The monoisotopic (exact) mass is 232 g/mol. The van der Waals surface area contributed by atoms with Gasteiger partial charge in [-0.1, -0.05) is 30.3 Å². The summed E-state index contributed by atoms with van der Waals surface area (Å²) >= 11 is 0. The van der Waals surface area contributed by atoms with Gasteiger partial charge < -0.3 is 0 Å². The molecular weight excluding hydrogens is 206 g/mol. The van der Waals surface area contributed by atoms with Crippen LogP contribution in [0.3, 0.4) is 0 Å². The standard InChI is InChI=1S/C16H26N/c1-11(2)13-8-9-16(4,17-5)15-7-6-12(3)10-14(13)15/h5,10-11,13-15H,6-9H2,1-4H3/q+1. The van der Waals surface area contributed by atoms with Gasteiger partial charge in [-0.05, 0) is 43.9 Å². The second-order valence-corrected chi connectivity index (χ2v) is 6.67. The highest BCUT2D eigenvalue weighted by Gasteiger charge is 2.53. The van der Waals surface area contributed by atoms with Gasteiger partial charge in [0.05, 0.1) is 0 Å². The average molecular weight is 232 g/mol. The smallest absolute Gasteiger partial charge is 0.0816 e. The van der Waals surface area contributed by atoms with Crippen LogP contribution in [-0.2, 0) is 0 Å². The molecule has 1 nitrogen and oxygen atoms in total. The molecule has 0 N–H and O–H groups in total. The number of nitrogens with zero attached hydrogens (tertiary/aromatic N) is 1. The predicted octanol–water partition coefficient (Wildman–Crippen LogP) is 4.75. The van der Waals surface area contributed by atoms with Crippen LogP contribution in [-0.4, -0.2) is 5.54 Å². The minimum atomic E-state index is 0.0211. The number of hydrogen-bond donors (Lipinski definition) is 0. The first-order chi connectivity index (χ1) is 7.98. The van der Waals surface area contributed by atoms with E-state index in [1.807, 2.05) is 0 Å². The molecule has 1 saturated carbocycles. The Morgan fingerprint density at radius 3 is 2.71 bits per heavy atom. The number of hydrogen-bond acceptors (Lipinski definition) is 0. The zero-order chi connectivity index (χ0) is 12.6. The fourth-order valence-electron chi connectivity index (χ4n) is 4.03. The molecule has 0 aromatic carbocycles. The van der Waals surface area contributed by atoms with Crippen molar-refractivity contribution in [3.8, 4) is 6.57 Å². The fraction of sp³-hybridized carbons (Fsp3) is 0.812. The van der Waals surface area contributed by atoms with Crippen LogP contribution >= 0.6 is 0 Å². The summed E-state index contributed by atoms with van der Waals surface area (Å²) in [5.74, 6) is 2.96. The van der Waals surface area contributed by atoms with Crippen molar-refractivity contribution in [3.05, 3.63) is 16.5 Å². The molecule has 0 bridgehead atoms. The summed E-state index contributed by atoms with van der Waals surface area (Å²) < 4.78 is 0. The molecule has 94 valence electrons. The minimum Gasteiger partial charge on any atom is -0.0816 e. The van der Waals surface area contributed by atoms with Gasteiger partial charge in [-0.15, -0.1) is 0 Å². The van der Waals surface area contributed by atoms with E-state index in [1.54, 1.807) is 5.57 Å². The molecule has 2 rings (SSSR count). The summed E-state index contributed by atoms with van der Waals surface area (Å²) in [7, 11) is 0.